The van der Waals surface area contributed by atoms with Crippen LogP contribution in [0.1, 0.15) is 30.0 Å². The molecule has 0 radical (unpaired) electrons. The van der Waals surface area contributed by atoms with E-state index in [1.165, 1.54) is 29.3 Å². The topological polar surface area (TPSA) is 30.3 Å². The lowest BCUT2D eigenvalue weighted by molar-refractivity contribution is 0.190. The minimum absolute atomic E-state index is 0.448. The molecule has 4 nitrogen and oxygen atoms in total. The number of halogens is 1. The van der Waals surface area contributed by atoms with E-state index in [9.17, 15) is 0 Å². The molecule has 0 bridgehead atoms. The molecule has 1 fully saturated rings. The van der Waals surface area contributed by atoms with Gasteiger partial charge in [0.1, 0.15) is 0 Å². The standard InChI is InChI=1S/C22H26ClN3O/c1-16-3-4-17-7-14-26(20(17)15-16)19-8-12-25(13-9-19)11-6-18-5-10-24-22(23)21(18)27-2/h3-5,7,10,14-15,19H,6,8-9,11-13H2,1-2H3. The Balaban J connectivity index is 1.38. The van der Waals surface area contributed by atoms with Crippen LogP contribution in [0.25, 0.3) is 10.9 Å². The van der Waals surface area contributed by atoms with E-state index in [0.29, 0.717) is 16.9 Å². The minimum atomic E-state index is 0.448. The van der Waals surface area contributed by atoms with Gasteiger partial charge in [0.15, 0.2) is 10.9 Å². The third-order valence-corrected chi connectivity index (χ3v) is 5.94. The first-order chi connectivity index (χ1) is 13.2. The molecule has 0 atom stereocenters. The Labute approximate surface area is 165 Å². The van der Waals surface area contributed by atoms with E-state index in [2.05, 4.69) is 51.8 Å². The average molecular weight is 384 g/mol. The maximum absolute atomic E-state index is 6.13. The van der Waals surface area contributed by atoms with Gasteiger partial charge in [0.25, 0.3) is 0 Å². The van der Waals surface area contributed by atoms with Gasteiger partial charge in [0, 0.05) is 49.1 Å². The fraction of sp³-hybridized carbons (Fsp3) is 0.409. The minimum Gasteiger partial charge on any atom is -0.493 e. The van der Waals surface area contributed by atoms with Crippen LogP contribution in [0.3, 0.4) is 0 Å². The number of hydrogen-bond acceptors (Lipinski definition) is 3. The SMILES string of the molecule is COc1c(CCN2CCC(n3ccc4ccc(C)cc43)CC2)ccnc1Cl. The van der Waals surface area contributed by atoms with Crippen molar-refractivity contribution >= 4 is 22.5 Å². The summed E-state index contributed by atoms with van der Waals surface area (Å²) >= 11 is 6.13. The van der Waals surface area contributed by atoms with Gasteiger partial charge in [-0.3, -0.25) is 0 Å². The molecule has 0 saturated carbocycles. The number of ether oxygens (including phenoxy) is 1. The van der Waals surface area contributed by atoms with Crippen molar-refractivity contribution in [2.24, 2.45) is 0 Å². The molecule has 4 rings (SSSR count). The van der Waals surface area contributed by atoms with Gasteiger partial charge in [0.2, 0.25) is 0 Å². The van der Waals surface area contributed by atoms with Gasteiger partial charge in [-0.2, -0.15) is 0 Å². The molecule has 0 spiro atoms. The van der Waals surface area contributed by atoms with Crippen molar-refractivity contribution in [3.8, 4) is 5.75 Å². The van der Waals surface area contributed by atoms with Crippen LogP contribution in [0.4, 0.5) is 0 Å². The van der Waals surface area contributed by atoms with Gasteiger partial charge in [-0.15, -0.1) is 0 Å². The number of piperidine rings is 1. The molecule has 3 heterocycles. The number of fused-ring (bicyclic) bond motifs is 1. The molecule has 0 unspecified atom stereocenters. The van der Waals surface area contributed by atoms with Crippen LogP contribution in [0, 0.1) is 6.92 Å². The second-order valence-corrected chi connectivity index (χ2v) is 7.76. The summed E-state index contributed by atoms with van der Waals surface area (Å²) in [5.41, 5.74) is 3.82. The third-order valence-electron chi connectivity index (χ3n) is 5.67. The number of aryl methyl sites for hydroxylation is 1. The largest absolute Gasteiger partial charge is 0.493 e. The van der Waals surface area contributed by atoms with Gasteiger partial charge >= 0.3 is 0 Å². The van der Waals surface area contributed by atoms with E-state index in [1.807, 2.05) is 6.07 Å². The van der Waals surface area contributed by atoms with Gasteiger partial charge in [-0.05, 0) is 55.3 Å². The lowest BCUT2D eigenvalue weighted by Gasteiger charge is -2.33. The maximum Gasteiger partial charge on any atom is 0.171 e. The highest BCUT2D eigenvalue weighted by Crippen LogP contribution is 2.30. The molecule has 5 heteroatoms. The van der Waals surface area contributed by atoms with Crippen LogP contribution in [-0.4, -0.2) is 41.2 Å². The van der Waals surface area contributed by atoms with Crippen LogP contribution in [0.5, 0.6) is 5.75 Å². The molecule has 27 heavy (non-hydrogen) atoms. The van der Waals surface area contributed by atoms with E-state index in [-0.39, 0.29) is 0 Å². The average Bonchev–Trinajstić information content (AvgIpc) is 3.10. The molecule has 142 valence electrons. The van der Waals surface area contributed by atoms with Crippen molar-refractivity contribution in [3.63, 3.8) is 0 Å². The predicted octanol–water partition coefficient (Wildman–Crippen LogP) is 4.89. The molecular formula is C22H26ClN3O. The lowest BCUT2D eigenvalue weighted by atomic mass is 10.0. The Kier molecular flexibility index (Phi) is 5.37. The second-order valence-electron chi connectivity index (χ2n) is 7.40. The summed E-state index contributed by atoms with van der Waals surface area (Å²) in [5, 5.41) is 1.79. The molecule has 1 aromatic carbocycles. The maximum atomic E-state index is 6.13. The highest BCUT2D eigenvalue weighted by atomic mass is 35.5. The molecular weight excluding hydrogens is 358 g/mol. The summed E-state index contributed by atoms with van der Waals surface area (Å²) in [6.07, 6.45) is 7.32. The quantitative estimate of drug-likeness (QED) is 0.588. The fourth-order valence-corrected chi connectivity index (χ4v) is 4.40. The van der Waals surface area contributed by atoms with Crippen LogP contribution in [0.2, 0.25) is 5.15 Å². The normalized spacial score (nSPS) is 16.1. The van der Waals surface area contributed by atoms with E-state index < -0.39 is 0 Å². The number of hydrogen-bond donors (Lipinski definition) is 0. The molecule has 1 saturated heterocycles. The number of nitrogens with zero attached hydrogens (tertiary/aromatic N) is 3. The summed E-state index contributed by atoms with van der Waals surface area (Å²) in [6.45, 7) is 5.43. The Morgan fingerprint density at radius 3 is 2.78 bits per heavy atom. The molecule has 0 aliphatic carbocycles. The van der Waals surface area contributed by atoms with Gasteiger partial charge in [-0.1, -0.05) is 23.7 Å². The van der Waals surface area contributed by atoms with Crippen molar-refractivity contribution in [1.29, 1.82) is 0 Å². The van der Waals surface area contributed by atoms with Gasteiger partial charge in [-0.25, -0.2) is 4.98 Å². The molecule has 3 aromatic rings. The van der Waals surface area contributed by atoms with E-state index in [4.69, 9.17) is 16.3 Å². The Morgan fingerprint density at radius 2 is 2.00 bits per heavy atom. The first-order valence-corrected chi connectivity index (χ1v) is 10.0. The van der Waals surface area contributed by atoms with Crippen molar-refractivity contribution < 1.29 is 4.74 Å². The molecule has 0 N–H and O–H groups in total. The number of rotatable bonds is 5. The molecule has 1 aliphatic rings. The summed E-state index contributed by atoms with van der Waals surface area (Å²) < 4.78 is 7.89. The number of benzene rings is 1. The first kappa shape index (κ1) is 18.3. The lowest BCUT2D eigenvalue weighted by Crippen LogP contribution is -2.35. The van der Waals surface area contributed by atoms with E-state index in [1.54, 1.807) is 13.3 Å². The van der Waals surface area contributed by atoms with Crippen molar-refractivity contribution in [1.82, 2.24) is 14.5 Å². The van der Waals surface area contributed by atoms with Crippen LogP contribution < -0.4 is 4.74 Å². The zero-order chi connectivity index (χ0) is 18.8. The summed E-state index contributed by atoms with van der Waals surface area (Å²) in [7, 11) is 1.65. The summed E-state index contributed by atoms with van der Waals surface area (Å²) in [4.78, 5) is 6.64. The number of pyridine rings is 1. The Hall–Kier alpha value is -2.04. The number of aromatic nitrogens is 2. The predicted molar refractivity (Wildman–Crippen MR) is 111 cm³/mol. The zero-order valence-electron chi connectivity index (χ0n) is 16.0. The van der Waals surface area contributed by atoms with Crippen molar-refractivity contribution in [2.45, 2.75) is 32.2 Å². The van der Waals surface area contributed by atoms with Crippen molar-refractivity contribution in [3.05, 3.63) is 59.0 Å². The monoisotopic (exact) mass is 383 g/mol. The second kappa shape index (κ2) is 7.91. The van der Waals surface area contributed by atoms with Crippen LogP contribution >= 0.6 is 11.6 Å². The fourth-order valence-electron chi connectivity index (χ4n) is 4.15. The molecule has 2 aromatic heterocycles. The smallest absolute Gasteiger partial charge is 0.171 e. The van der Waals surface area contributed by atoms with Crippen LogP contribution in [-0.2, 0) is 6.42 Å². The van der Waals surface area contributed by atoms with Gasteiger partial charge < -0.3 is 14.2 Å². The molecule has 1 aliphatic heterocycles. The zero-order valence-corrected chi connectivity index (χ0v) is 16.7. The Morgan fingerprint density at radius 1 is 1.19 bits per heavy atom. The van der Waals surface area contributed by atoms with Crippen LogP contribution in [0.15, 0.2) is 42.7 Å². The first-order valence-electron chi connectivity index (χ1n) is 9.62. The summed E-state index contributed by atoms with van der Waals surface area (Å²) in [6, 6.07) is 11.6. The number of likely N-dealkylation sites (tertiary alicyclic amines) is 1. The van der Waals surface area contributed by atoms with E-state index >= 15 is 0 Å². The highest BCUT2D eigenvalue weighted by molar-refractivity contribution is 6.30. The van der Waals surface area contributed by atoms with Gasteiger partial charge in [0.05, 0.1) is 7.11 Å². The number of methoxy groups -OCH3 is 1. The van der Waals surface area contributed by atoms with E-state index in [0.717, 1.165) is 31.6 Å². The Bertz CT molecular complexity index is 928. The molecule has 0 amide bonds. The highest BCUT2D eigenvalue weighted by Gasteiger charge is 2.21. The third kappa shape index (κ3) is 3.83. The van der Waals surface area contributed by atoms with Crippen molar-refractivity contribution in [2.75, 3.05) is 26.7 Å². The summed E-state index contributed by atoms with van der Waals surface area (Å²) in [5.74, 6) is 0.711.